The van der Waals surface area contributed by atoms with Crippen LogP contribution in [0.2, 0.25) is 0 Å². The summed E-state index contributed by atoms with van der Waals surface area (Å²) in [5.74, 6) is -2.11. The maximum absolute atomic E-state index is 13.6. The molecule has 1 aromatic rings. The summed E-state index contributed by atoms with van der Waals surface area (Å²) in [6.07, 6.45) is -3.13. The van der Waals surface area contributed by atoms with Crippen LogP contribution < -0.4 is 0 Å². The molecule has 23 heavy (non-hydrogen) atoms. The maximum atomic E-state index is 13.6. The van der Waals surface area contributed by atoms with E-state index in [0.29, 0.717) is 12.8 Å². The van der Waals surface area contributed by atoms with Gasteiger partial charge in [-0.05, 0) is 38.3 Å². The number of benzene rings is 1. The largest absolute Gasteiger partial charge is 0.439 e. The molecule has 1 N–H and O–H groups in total. The molecule has 2 aliphatic rings. The molecule has 0 radical (unpaired) electrons. The van der Waals surface area contributed by atoms with Crippen LogP contribution in [-0.4, -0.2) is 33.6 Å². The smallest absolute Gasteiger partial charge is 0.362 e. The molecule has 0 saturated heterocycles. The van der Waals surface area contributed by atoms with Gasteiger partial charge in [0.2, 0.25) is 0 Å². The Morgan fingerprint density at radius 1 is 1.30 bits per heavy atom. The second kappa shape index (κ2) is 5.33. The number of aliphatic hydroxyl groups is 1. The summed E-state index contributed by atoms with van der Waals surface area (Å²) in [4.78, 5) is 12.5. The van der Waals surface area contributed by atoms with Crippen molar-refractivity contribution in [3.05, 3.63) is 35.4 Å². The van der Waals surface area contributed by atoms with E-state index in [2.05, 4.69) is 5.10 Å². The first kappa shape index (κ1) is 16.0. The lowest BCUT2D eigenvalue weighted by Crippen LogP contribution is -2.61. The third-order valence-electron chi connectivity index (χ3n) is 4.52. The molecule has 1 aliphatic carbocycles. The number of fused-ring (bicyclic) bond motifs is 1. The number of halogens is 3. The van der Waals surface area contributed by atoms with Crippen LogP contribution in [0.1, 0.15) is 41.6 Å². The highest BCUT2D eigenvalue weighted by Gasteiger charge is 2.68. The number of hydrogen-bond acceptors (Lipinski definition) is 3. The molecule has 1 amide bonds. The molecule has 0 spiro atoms. The van der Waals surface area contributed by atoms with Gasteiger partial charge < -0.3 is 5.11 Å². The fourth-order valence-corrected chi connectivity index (χ4v) is 3.24. The highest BCUT2D eigenvalue weighted by atomic mass is 19.4. The molecule has 1 aromatic carbocycles. The Bertz CT molecular complexity index is 654. The topological polar surface area (TPSA) is 52.9 Å². The minimum Gasteiger partial charge on any atom is -0.362 e. The van der Waals surface area contributed by atoms with E-state index in [9.17, 15) is 23.1 Å². The molecule has 2 atom stereocenters. The van der Waals surface area contributed by atoms with Crippen LogP contribution in [0.25, 0.3) is 0 Å². The zero-order chi connectivity index (χ0) is 16.8. The molecule has 7 heteroatoms. The average molecular weight is 326 g/mol. The van der Waals surface area contributed by atoms with E-state index in [1.807, 2.05) is 6.92 Å². The summed E-state index contributed by atoms with van der Waals surface area (Å²) >= 11 is 0. The van der Waals surface area contributed by atoms with Crippen LogP contribution in [0, 0.1) is 12.8 Å². The number of carbonyl (C=O) groups is 1. The number of rotatable bonds is 1. The van der Waals surface area contributed by atoms with Gasteiger partial charge in [0.05, 0.1) is 5.92 Å². The Kier molecular flexibility index (Phi) is 3.71. The molecular weight excluding hydrogens is 309 g/mol. The van der Waals surface area contributed by atoms with Crippen LogP contribution >= 0.6 is 0 Å². The van der Waals surface area contributed by atoms with Gasteiger partial charge in [-0.15, -0.1) is 0 Å². The quantitative estimate of drug-likeness (QED) is 0.861. The van der Waals surface area contributed by atoms with Crippen LogP contribution in [-0.2, 0) is 0 Å². The predicted octanol–water partition coefficient (Wildman–Crippen LogP) is 3.25. The van der Waals surface area contributed by atoms with Crippen LogP contribution in [0.5, 0.6) is 0 Å². The Morgan fingerprint density at radius 3 is 2.57 bits per heavy atom. The normalized spacial score (nSPS) is 27.6. The second-order valence-electron chi connectivity index (χ2n) is 6.10. The van der Waals surface area contributed by atoms with Crippen molar-refractivity contribution in [3.63, 3.8) is 0 Å². The van der Waals surface area contributed by atoms with Gasteiger partial charge in [0.25, 0.3) is 11.6 Å². The van der Waals surface area contributed by atoms with Gasteiger partial charge in [0.1, 0.15) is 0 Å². The van der Waals surface area contributed by atoms with Crippen LogP contribution in [0.4, 0.5) is 13.2 Å². The monoisotopic (exact) mass is 326 g/mol. The van der Waals surface area contributed by atoms with E-state index < -0.39 is 23.7 Å². The van der Waals surface area contributed by atoms with Crippen molar-refractivity contribution in [1.82, 2.24) is 5.01 Å². The lowest BCUT2D eigenvalue weighted by atomic mass is 9.80. The number of hydrazone groups is 1. The molecule has 4 nitrogen and oxygen atoms in total. The van der Waals surface area contributed by atoms with Gasteiger partial charge in [-0.1, -0.05) is 24.1 Å². The second-order valence-corrected chi connectivity index (χ2v) is 6.10. The molecule has 0 bridgehead atoms. The van der Waals surface area contributed by atoms with E-state index in [0.717, 1.165) is 12.0 Å². The van der Waals surface area contributed by atoms with Crippen molar-refractivity contribution in [2.75, 3.05) is 0 Å². The SMILES string of the molecule is Cc1ccc(C(=O)N2N=C3CCCC[C@@H]3[C@@]2(O)C(F)(F)F)cc1. The predicted molar refractivity (Wildman–Crippen MR) is 77.7 cm³/mol. The summed E-state index contributed by atoms with van der Waals surface area (Å²) in [5, 5.41) is 14.5. The first-order valence-electron chi connectivity index (χ1n) is 7.53. The minimum absolute atomic E-state index is 0.0706. The fraction of sp³-hybridized carbons (Fsp3) is 0.500. The van der Waals surface area contributed by atoms with E-state index in [1.54, 1.807) is 12.1 Å². The third-order valence-corrected chi connectivity index (χ3v) is 4.52. The van der Waals surface area contributed by atoms with Gasteiger partial charge in [0.15, 0.2) is 0 Å². The van der Waals surface area contributed by atoms with Gasteiger partial charge in [-0.2, -0.15) is 23.3 Å². The molecule has 0 aromatic heterocycles. The van der Waals surface area contributed by atoms with Crippen molar-refractivity contribution in [2.24, 2.45) is 11.0 Å². The number of hydrogen-bond donors (Lipinski definition) is 1. The maximum Gasteiger partial charge on any atom is 0.439 e. The Labute approximate surface area is 131 Å². The summed E-state index contributed by atoms with van der Waals surface area (Å²) in [6.45, 7) is 1.81. The minimum atomic E-state index is -4.97. The van der Waals surface area contributed by atoms with E-state index >= 15 is 0 Å². The summed E-state index contributed by atoms with van der Waals surface area (Å²) < 4.78 is 40.8. The molecule has 1 saturated carbocycles. The van der Waals surface area contributed by atoms with Crippen molar-refractivity contribution in [1.29, 1.82) is 0 Å². The lowest BCUT2D eigenvalue weighted by molar-refractivity contribution is -0.312. The molecule has 1 fully saturated rings. The summed E-state index contributed by atoms with van der Waals surface area (Å²) in [5.41, 5.74) is -2.04. The molecular formula is C16H17F3N2O2. The standard InChI is InChI=1S/C16H17F3N2O2/c1-10-6-8-11(9-7-10)14(22)21-15(23,16(17,18)19)12-4-2-3-5-13(12)20-21/h6-9,12,23H,2-5H2,1H3/t12-,15+/m0/s1. The number of alkyl halides is 3. The van der Waals surface area contributed by atoms with Crippen molar-refractivity contribution in [2.45, 2.75) is 44.5 Å². The third kappa shape index (κ3) is 2.43. The zero-order valence-electron chi connectivity index (χ0n) is 12.6. The van der Waals surface area contributed by atoms with E-state index in [4.69, 9.17) is 0 Å². The molecule has 1 aliphatic heterocycles. The Hall–Kier alpha value is -1.89. The van der Waals surface area contributed by atoms with E-state index in [1.165, 1.54) is 12.1 Å². The van der Waals surface area contributed by atoms with Gasteiger partial charge >= 0.3 is 6.18 Å². The number of amides is 1. The fourth-order valence-electron chi connectivity index (χ4n) is 3.24. The number of carbonyl (C=O) groups excluding carboxylic acids is 1. The molecule has 1 heterocycles. The Morgan fingerprint density at radius 2 is 1.96 bits per heavy atom. The molecule has 124 valence electrons. The van der Waals surface area contributed by atoms with Gasteiger partial charge in [-0.3, -0.25) is 4.79 Å². The molecule has 3 rings (SSSR count). The van der Waals surface area contributed by atoms with Crippen molar-refractivity contribution < 1.29 is 23.1 Å². The van der Waals surface area contributed by atoms with Crippen LogP contribution in [0.3, 0.4) is 0 Å². The first-order valence-corrected chi connectivity index (χ1v) is 7.53. The molecule has 0 unspecified atom stereocenters. The zero-order valence-corrected chi connectivity index (χ0v) is 12.6. The van der Waals surface area contributed by atoms with Crippen molar-refractivity contribution >= 4 is 11.6 Å². The highest BCUT2D eigenvalue weighted by molar-refractivity contribution is 5.99. The highest BCUT2D eigenvalue weighted by Crippen LogP contribution is 2.48. The lowest BCUT2D eigenvalue weighted by Gasteiger charge is -2.38. The summed E-state index contributed by atoms with van der Waals surface area (Å²) in [6, 6.07) is 6.15. The average Bonchev–Trinajstić information content (AvgIpc) is 2.82. The Balaban J connectivity index is 2.03. The van der Waals surface area contributed by atoms with Crippen LogP contribution in [0.15, 0.2) is 29.4 Å². The van der Waals surface area contributed by atoms with Crippen molar-refractivity contribution in [3.8, 4) is 0 Å². The first-order chi connectivity index (χ1) is 10.7. The van der Waals surface area contributed by atoms with Gasteiger partial charge in [0, 0.05) is 11.3 Å². The summed E-state index contributed by atoms with van der Waals surface area (Å²) in [7, 11) is 0. The van der Waals surface area contributed by atoms with Gasteiger partial charge in [-0.25, -0.2) is 0 Å². The number of nitrogens with zero attached hydrogens (tertiary/aromatic N) is 2. The number of aryl methyl sites for hydroxylation is 1. The van der Waals surface area contributed by atoms with E-state index in [-0.39, 0.29) is 22.7 Å².